The molecule has 0 aromatic heterocycles. The molecule has 0 saturated heterocycles. The highest BCUT2D eigenvalue weighted by Gasteiger charge is 2.13. The van der Waals surface area contributed by atoms with Crippen molar-refractivity contribution >= 4 is 17.3 Å². The van der Waals surface area contributed by atoms with Gasteiger partial charge in [-0.3, -0.25) is 0 Å². The van der Waals surface area contributed by atoms with Crippen molar-refractivity contribution < 1.29 is 4.74 Å². The molecule has 3 nitrogen and oxygen atoms in total. The van der Waals surface area contributed by atoms with Gasteiger partial charge in [0.15, 0.2) is 5.11 Å². The first-order valence-electron chi connectivity index (χ1n) is 6.75. The molecule has 1 aliphatic rings. The molecule has 1 unspecified atom stereocenters. The zero-order chi connectivity index (χ0) is 12.5. The molecular weight excluding hydrogens is 232 g/mol. The molecule has 0 bridgehead atoms. The maximum Gasteiger partial charge on any atom is 0.166 e. The topological polar surface area (TPSA) is 33.3 Å². The molecule has 2 N–H and O–H groups in total. The van der Waals surface area contributed by atoms with Gasteiger partial charge in [0.2, 0.25) is 0 Å². The first kappa shape index (κ1) is 14.7. The van der Waals surface area contributed by atoms with Crippen molar-refractivity contribution in [1.29, 1.82) is 0 Å². The number of hydrogen-bond acceptors (Lipinski definition) is 2. The van der Waals surface area contributed by atoms with Gasteiger partial charge in [0, 0.05) is 19.7 Å². The van der Waals surface area contributed by atoms with Crippen molar-refractivity contribution in [3.63, 3.8) is 0 Å². The molecule has 1 rings (SSSR count). The van der Waals surface area contributed by atoms with Gasteiger partial charge in [-0.05, 0) is 37.9 Å². The molecule has 0 spiro atoms. The largest absolute Gasteiger partial charge is 0.383 e. The van der Waals surface area contributed by atoms with Crippen LogP contribution in [-0.2, 0) is 4.74 Å². The summed E-state index contributed by atoms with van der Waals surface area (Å²) >= 11 is 5.21. The van der Waals surface area contributed by atoms with E-state index in [1.165, 1.54) is 38.5 Å². The van der Waals surface area contributed by atoms with Gasteiger partial charge in [-0.2, -0.15) is 0 Å². The Morgan fingerprint density at radius 1 is 1.41 bits per heavy atom. The first-order chi connectivity index (χ1) is 8.22. The lowest BCUT2D eigenvalue weighted by Gasteiger charge is -2.16. The maximum atomic E-state index is 5.21. The quantitative estimate of drug-likeness (QED) is 0.543. The van der Waals surface area contributed by atoms with E-state index >= 15 is 0 Å². The number of ether oxygens (including phenoxy) is 1. The Morgan fingerprint density at radius 2 is 2.12 bits per heavy atom. The zero-order valence-electron chi connectivity index (χ0n) is 11.1. The second-order valence-corrected chi connectivity index (χ2v) is 5.46. The standard InChI is InChI=1S/C13H26N2OS/c1-11(10-16-2)15-13(17)14-9-5-8-12-6-3-4-7-12/h11-12H,3-10H2,1-2H3,(H2,14,15,17). The van der Waals surface area contributed by atoms with E-state index in [0.29, 0.717) is 6.61 Å². The molecule has 100 valence electrons. The van der Waals surface area contributed by atoms with Gasteiger partial charge in [0.1, 0.15) is 0 Å². The van der Waals surface area contributed by atoms with Crippen molar-refractivity contribution in [3.8, 4) is 0 Å². The van der Waals surface area contributed by atoms with Gasteiger partial charge in [0.05, 0.1) is 6.61 Å². The molecule has 0 amide bonds. The molecule has 0 aliphatic heterocycles. The van der Waals surface area contributed by atoms with Crippen LogP contribution in [0.4, 0.5) is 0 Å². The van der Waals surface area contributed by atoms with E-state index in [9.17, 15) is 0 Å². The number of thiocarbonyl (C=S) groups is 1. The maximum absolute atomic E-state index is 5.21. The van der Waals surface area contributed by atoms with Crippen LogP contribution in [0.1, 0.15) is 45.4 Å². The second kappa shape index (κ2) is 8.70. The van der Waals surface area contributed by atoms with Crippen molar-refractivity contribution in [2.75, 3.05) is 20.3 Å². The van der Waals surface area contributed by atoms with Crippen LogP contribution in [0.25, 0.3) is 0 Å². The fraction of sp³-hybridized carbons (Fsp3) is 0.923. The summed E-state index contributed by atoms with van der Waals surface area (Å²) in [6, 6.07) is 0.273. The molecule has 0 radical (unpaired) electrons. The fourth-order valence-corrected chi connectivity index (χ4v) is 2.76. The minimum absolute atomic E-state index is 0.273. The molecule has 1 atom stereocenters. The number of rotatable bonds is 7. The zero-order valence-corrected chi connectivity index (χ0v) is 11.9. The smallest absolute Gasteiger partial charge is 0.166 e. The minimum Gasteiger partial charge on any atom is -0.383 e. The highest BCUT2D eigenvalue weighted by Crippen LogP contribution is 2.28. The van der Waals surface area contributed by atoms with E-state index in [1.54, 1.807) is 7.11 Å². The van der Waals surface area contributed by atoms with Crippen LogP contribution in [0.2, 0.25) is 0 Å². The third kappa shape index (κ3) is 6.84. The third-order valence-corrected chi connectivity index (χ3v) is 3.61. The third-order valence-electron chi connectivity index (χ3n) is 3.34. The number of nitrogens with one attached hydrogen (secondary N) is 2. The van der Waals surface area contributed by atoms with Crippen LogP contribution < -0.4 is 10.6 Å². The molecule has 17 heavy (non-hydrogen) atoms. The lowest BCUT2D eigenvalue weighted by atomic mass is 10.0. The Bertz CT molecular complexity index is 217. The number of methoxy groups -OCH3 is 1. The van der Waals surface area contributed by atoms with E-state index in [4.69, 9.17) is 17.0 Å². The number of hydrogen-bond donors (Lipinski definition) is 2. The lowest BCUT2D eigenvalue weighted by molar-refractivity contribution is 0.179. The van der Waals surface area contributed by atoms with Crippen LogP contribution in [0, 0.1) is 5.92 Å². The Kier molecular flexibility index (Phi) is 7.53. The lowest BCUT2D eigenvalue weighted by Crippen LogP contribution is -2.42. The monoisotopic (exact) mass is 258 g/mol. The molecule has 0 aromatic carbocycles. The SMILES string of the molecule is COCC(C)NC(=S)NCCCC1CCCC1. The normalized spacial score (nSPS) is 18.0. The van der Waals surface area contributed by atoms with E-state index in [0.717, 1.165) is 17.6 Å². The van der Waals surface area contributed by atoms with E-state index in [2.05, 4.69) is 17.6 Å². The Morgan fingerprint density at radius 3 is 2.76 bits per heavy atom. The predicted octanol–water partition coefficient (Wildman–Crippen LogP) is 2.46. The minimum atomic E-state index is 0.273. The van der Waals surface area contributed by atoms with E-state index < -0.39 is 0 Å². The van der Waals surface area contributed by atoms with Gasteiger partial charge in [-0.1, -0.05) is 25.7 Å². The summed E-state index contributed by atoms with van der Waals surface area (Å²) in [7, 11) is 1.70. The summed E-state index contributed by atoms with van der Waals surface area (Å²) in [5.74, 6) is 0.978. The van der Waals surface area contributed by atoms with Gasteiger partial charge in [-0.25, -0.2) is 0 Å². The van der Waals surface area contributed by atoms with Gasteiger partial charge in [-0.15, -0.1) is 0 Å². The second-order valence-electron chi connectivity index (χ2n) is 5.05. The molecule has 0 heterocycles. The summed E-state index contributed by atoms with van der Waals surface area (Å²) in [5.41, 5.74) is 0. The average molecular weight is 258 g/mol. The summed E-state index contributed by atoms with van der Waals surface area (Å²) in [4.78, 5) is 0. The molecule has 0 aromatic rings. The molecule has 1 aliphatic carbocycles. The summed E-state index contributed by atoms with van der Waals surface area (Å²) in [6.45, 7) is 3.74. The van der Waals surface area contributed by atoms with Crippen molar-refractivity contribution in [1.82, 2.24) is 10.6 Å². The highest BCUT2D eigenvalue weighted by atomic mass is 32.1. The van der Waals surface area contributed by atoms with Gasteiger partial charge >= 0.3 is 0 Å². The van der Waals surface area contributed by atoms with Crippen LogP contribution in [0.15, 0.2) is 0 Å². The van der Waals surface area contributed by atoms with E-state index in [-0.39, 0.29) is 6.04 Å². The van der Waals surface area contributed by atoms with Crippen LogP contribution in [-0.4, -0.2) is 31.4 Å². The predicted molar refractivity (Wildman–Crippen MR) is 76.3 cm³/mol. The Labute approximate surface area is 111 Å². The van der Waals surface area contributed by atoms with Gasteiger partial charge in [0.25, 0.3) is 0 Å². The van der Waals surface area contributed by atoms with Crippen molar-refractivity contribution in [2.24, 2.45) is 5.92 Å². The Balaban J connectivity index is 1.95. The summed E-state index contributed by atoms with van der Waals surface area (Å²) < 4.78 is 5.05. The average Bonchev–Trinajstić information content (AvgIpc) is 2.77. The first-order valence-corrected chi connectivity index (χ1v) is 7.16. The summed E-state index contributed by atoms with van der Waals surface area (Å²) in [5, 5.41) is 7.22. The summed E-state index contributed by atoms with van der Waals surface area (Å²) in [6.07, 6.45) is 8.33. The van der Waals surface area contributed by atoms with Gasteiger partial charge < -0.3 is 15.4 Å². The van der Waals surface area contributed by atoms with Crippen molar-refractivity contribution in [3.05, 3.63) is 0 Å². The molecular formula is C13H26N2OS. The Hall–Kier alpha value is -0.350. The van der Waals surface area contributed by atoms with Crippen LogP contribution in [0.5, 0.6) is 0 Å². The molecule has 4 heteroatoms. The fourth-order valence-electron chi connectivity index (χ4n) is 2.46. The molecule has 1 saturated carbocycles. The molecule has 1 fully saturated rings. The van der Waals surface area contributed by atoms with Crippen LogP contribution >= 0.6 is 12.2 Å². The van der Waals surface area contributed by atoms with Crippen LogP contribution in [0.3, 0.4) is 0 Å². The highest BCUT2D eigenvalue weighted by molar-refractivity contribution is 7.80. The van der Waals surface area contributed by atoms with E-state index in [1.807, 2.05) is 0 Å². The van der Waals surface area contributed by atoms with Crippen molar-refractivity contribution in [2.45, 2.75) is 51.5 Å².